The Hall–Kier alpha value is -2.85. The van der Waals surface area contributed by atoms with E-state index in [0.717, 1.165) is 5.69 Å². The van der Waals surface area contributed by atoms with Crippen LogP contribution in [0, 0.1) is 11.3 Å². The Morgan fingerprint density at radius 1 is 1.50 bits per heavy atom. The van der Waals surface area contributed by atoms with Gasteiger partial charge in [0.1, 0.15) is 6.07 Å². The highest BCUT2D eigenvalue weighted by Gasteiger charge is 2.33. The van der Waals surface area contributed by atoms with Crippen LogP contribution < -0.4 is 0 Å². The summed E-state index contributed by atoms with van der Waals surface area (Å²) in [6.07, 6.45) is 0.548. The number of carbonyl (C=O) groups excluding carboxylic acids is 2. The second-order valence-electron chi connectivity index (χ2n) is 6.04. The molecular weight excluding hydrogens is 356 g/mol. The number of aromatic nitrogens is 2. The summed E-state index contributed by atoms with van der Waals surface area (Å²) in [7, 11) is 0. The molecule has 0 saturated heterocycles. The number of amides is 1. The molecule has 0 saturated carbocycles. The molecule has 3 rings (SSSR count). The molecule has 134 valence electrons. The van der Waals surface area contributed by atoms with Gasteiger partial charge in [0.25, 0.3) is 5.91 Å². The van der Waals surface area contributed by atoms with E-state index in [2.05, 4.69) is 10.2 Å². The first kappa shape index (κ1) is 18.0. The summed E-state index contributed by atoms with van der Waals surface area (Å²) in [5.74, 6) is -0.738. The van der Waals surface area contributed by atoms with Gasteiger partial charge in [-0.3, -0.25) is 9.89 Å². The quantitative estimate of drug-likeness (QED) is 0.835. The van der Waals surface area contributed by atoms with Crippen LogP contribution in [-0.4, -0.2) is 39.6 Å². The van der Waals surface area contributed by atoms with Crippen molar-refractivity contribution >= 4 is 23.5 Å². The number of carbonyl (C=O) groups is 2. The fraction of sp³-hybridized carbons (Fsp3) is 0.333. The molecule has 1 aromatic heterocycles. The van der Waals surface area contributed by atoms with Gasteiger partial charge in [0, 0.05) is 29.3 Å². The van der Waals surface area contributed by atoms with Gasteiger partial charge in [-0.1, -0.05) is 11.6 Å². The highest BCUT2D eigenvalue weighted by molar-refractivity contribution is 6.31. The summed E-state index contributed by atoms with van der Waals surface area (Å²) >= 11 is 5.94. The van der Waals surface area contributed by atoms with Gasteiger partial charge in [-0.05, 0) is 32.0 Å². The van der Waals surface area contributed by atoms with E-state index in [1.165, 1.54) is 12.1 Å². The minimum Gasteiger partial charge on any atom is -0.461 e. The third kappa shape index (κ3) is 3.16. The second kappa shape index (κ2) is 7.18. The van der Waals surface area contributed by atoms with Crippen LogP contribution >= 0.6 is 11.6 Å². The minimum absolute atomic E-state index is 0.0910. The zero-order valence-electron chi connectivity index (χ0n) is 14.4. The Kier molecular flexibility index (Phi) is 4.96. The van der Waals surface area contributed by atoms with Gasteiger partial charge in [-0.15, -0.1) is 0 Å². The van der Waals surface area contributed by atoms with E-state index in [4.69, 9.17) is 21.6 Å². The summed E-state index contributed by atoms with van der Waals surface area (Å²) in [5.41, 5.74) is 2.34. The molecule has 26 heavy (non-hydrogen) atoms. The number of fused-ring (bicyclic) bond motifs is 1. The maximum Gasteiger partial charge on any atom is 0.359 e. The molecule has 2 aromatic rings. The van der Waals surface area contributed by atoms with Crippen molar-refractivity contribution in [3.63, 3.8) is 0 Å². The lowest BCUT2D eigenvalue weighted by atomic mass is 9.98. The molecule has 7 nitrogen and oxygen atoms in total. The molecule has 0 radical (unpaired) electrons. The van der Waals surface area contributed by atoms with Crippen molar-refractivity contribution in [1.29, 1.82) is 5.26 Å². The van der Waals surface area contributed by atoms with E-state index in [0.29, 0.717) is 22.6 Å². The fourth-order valence-corrected chi connectivity index (χ4v) is 3.18. The number of halogens is 1. The predicted octanol–water partition coefficient (Wildman–Crippen LogP) is 2.70. The van der Waals surface area contributed by atoms with Gasteiger partial charge in [0.2, 0.25) is 0 Å². The van der Waals surface area contributed by atoms with Gasteiger partial charge in [-0.25, -0.2) is 4.79 Å². The van der Waals surface area contributed by atoms with Crippen molar-refractivity contribution in [3.05, 3.63) is 51.3 Å². The zero-order valence-corrected chi connectivity index (χ0v) is 15.1. The molecule has 0 fully saturated rings. The van der Waals surface area contributed by atoms with Gasteiger partial charge in [-0.2, -0.15) is 10.4 Å². The Bertz CT molecular complexity index is 916. The third-order valence-electron chi connectivity index (χ3n) is 4.38. The second-order valence-corrected chi connectivity index (χ2v) is 6.45. The Balaban J connectivity index is 1.91. The summed E-state index contributed by atoms with van der Waals surface area (Å²) in [6.45, 7) is 4.14. The van der Waals surface area contributed by atoms with Crippen molar-refractivity contribution < 1.29 is 14.3 Å². The van der Waals surface area contributed by atoms with E-state index in [1.54, 1.807) is 17.9 Å². The number of esters is 1. The first-order valence-electron chi connectivity index (χ1n) is 8.20. The van der Waals surface area contributed by atoms with Crippen molar-refractivity contribution in [2.75, 3.05) is 6.61 Å². The maximum atomic E-state index is 13.0. The number of ether oxygens (including phenoxy) is 1. The van der Waals surface area contributed by atoms with Crippen LogP contribution in [0.25, 0.3) is 0 Å². The van der Waals surface area contributed by atoms with Crippen LogP contribution in [0.2, 0.25) is 5.02 Å². The molecule has 0 unspecified atom stereocenters. The van der Waals surface area contributed by atoms with E-state index < -0.39 is 5.97 Å². The molecule has 0 spiro atoms. The average Bonchev–Trinajstić information content (AvgIpc) is 3.03. The summed E-state index contributed by atoms with van der Waals surface area (Å²) < 4.78 is 5.03. The lowest BCUT2D eigenvalue weighted by Gasteiger charge is -2.33. The fourth-order valence-electron chi connectivity index (χ4n) is 3.02. The van der Waals surface area contributed by atoms with Crippen molar-refractivity contribution in [2.24, 2.45) is 0 Å². The number of hydrogen-bond acceptors (Lipinski definition) is 5. The number of hydrogen-bond donors (Lipinski definition) is 1. The van der Waals surface area contributed by atoms with Gasteiger partial charge >= 0.3 is 5.97 Å². The molecule has 1 N–H and O–H groups in total. The smallest absolute Gasteiger partial charge is 0.359 e. The van der Waals surface area contributed by atoms with Crippen LogP contribution in [0.1, 0.15) is 51.5 Å². The van der Waals surface area contributed by atoms with E-state index in [9.17, 15) is 9.59 Å². The van der Waals surface area contributed by atoms with Crippen LogP contribution in [0.15, 0.2) is 18.2 Å². The predicted molar refractivity (Wildman–Crippen MR) is 93.8 cm³/mol. The molecule has 0 bridgehead atoms. The molecule has 1 aliphatic rings. The van der Waals surface area contributed by atoms with Crippen LogP contribution in [0.3, 0.4) is 0 Å². The van der Waals surface area contributed by atoms with Crippen molar-refractivity contribution in [1.82, 2.24) is 15.1 Å². The monoisotopic (exact) mass is 372 g/mol. The van der Waals surface area contributed by atoms with Crippen LogP contribution in [0.5, 0.6) is 0 Å². The standard InChI is InChI=1S/C18H17ClN4O3/c1-3-26-18(25)16-13-9-23(10(2)6-15(13)21-22-16)17(24)11-4-5-14(19)12(7-11)8-20/h4-5,7,10H,3,6,9H2,1-2H3,(H,21,22)/t10-/m1/s1. The van der Waals surface area contributed by atoms with E-state index in [1.807, 2.05) is 13.0 Å². The molecule has 0 aliphatic carbocycles. The molecule has 1 atom stereocenters. The number of rotatable bonds is 3. The molecule has 8 heteroatoms. The first-order chi connectivity index (χ1) is 12.5. The molecule has 1 aliphatic heterocycles. The highest BCUT2D eigenvalue weighted by Crippen LogP contribution is 2.27. The molecule has 2 heterocycles. The molecule has 1 aromatic carbocycles. The number of nitrogens with one attached hydrogen (secondary N) is 1. The average molecular weight is 373 g/mol. The summed E-state index contributed by atoms with van der Waals surface area (Å²) in [4.78, 5) is 26.7. The van der Waals surface area contributed by atoms with Gasteiger partial charge in [0.15, 0.2) is 5.69 Å². The number of benzene rings is 1. The van der Waals surface area contributed by atoms with Crippen LogP contribution in [-0.2, 0) is 17.7 Å². The molecule has 1 amide bonds. The highest BCUT2D eigenvalue weighted by atomic mass is 35.5. The Morgan fingerprint density at radius 2 is 2.27 bits per heavy atom. The topological polar surface area (TPSA) is 99.1 Å². The third-order valence-corrected chi connectivity index (χ3v) is 4.71. The van der Waals surface area contributed by atoms with E-state index in [-0.39, 0.29) is 36.4 Å². The first-order valence-corrected chi connectivity index (χ1v) is 8.57. The van der Waals surface area contributed by atoms with Crippen molar-refractivity contribution in [3.8, 4) is 6.07 Å². The zero-order chi connectivity index (χ0) is 18.8. The number of aromatic amines is 1. The lowest BCUT2D eigenvalue weighted by molar-refractivity contribution is 0.0509. The molecular formula is C18H17ClN4O3. The van der Waals surface area contributed by atoms with Crippen molar-refractivity contribution in [2.45, 2.75) is 32.9 Å². The summed E-state index contributed by atoms with van der Waals surface area (Å²) in [6, 6.07) is 6.49. The normalized spacial score (nSPS) is 15.9. The van der Waals surface area contributed by atoms with E-state index >= 15 is 0 Å². The number of H-pyrrole nitrogens is 1. The number of nitriles is 1. The minimum atomic E-state index is -0.509. The number of nitrogens with zero attached hydrogens (tertiary/aromatic N) is 3. The van der Waals surface area contributed by atoms with Gasteiger partial charge in [0.05, 0.1) is 23.7 Å². The lowest BCUT2D eigenvalue weighted by Crippen LogP contribution is -2.42. The summed E-state index contributed by atoms with van der Waals surface area (Å²) in [5, 5.41) is 16.3. The van der Waals surface area contributed by atoms with Crippen LogP contribution in [0.4, 0.5) is 0 Å². The SMILES string of the molecule is CCOC(=O)c1n[nH]c2c1CN(C(=O)c1ccc(Cl)c(C#N)c1)[C@H](C)C2. The largest absolute Gasteiger partial charge is 0.461 e. The Labute approximate surface area is 155 Å². The maximum absolute atomic E-state index is 13.0. The Morgan fingerprint density at radius 3 is 2.96 bits per heavy atom. The van der Waals surface area contributed by atoms with Gasteiger partial charge < -0.3 is 9.64 Å².